The molecule has 5 aromatic rings. The van der Waals surface area contributed by atoms with Gasteiger partial charge in [-0.1, -0.05) is 78.9 Å². The van der Waals surface area contributed by atoms with E-state index >= 15 is 0 Å². The highest BCUT2D eigenvalue weighted by Crippen LogP contribution is 2.48. The predicted molar refractivity (Wildman–Crippen MR) is 130 cm³/mol. The van der Waals surface area contributed by atoms with E-state index in [4.69, 9.17) is 9.47 Å². The summed E-state index contributed by atoms with van der Waals surface area (Å²) in [6, 6.07) is 37.8. The van der Waals surface area contributed by atoms with Crippen LogP contribution < -0.4 is 9.47 Å². The minimum Gasteiger partial charge on any atom is -0.497 e. The van der Waals surface area contributed by atoms with Gasteiger partial charge in [-0.15, -0.1) is 0 Å². The van der Waals surface area contributed by atoms with Crippen molar-refractivity contribution in [1.82, 2.24) is 4.98 Å². The zero-order valence-corrected chi connectivity index (χ0v) is 18.2. The molecule has 3 nitrogen and oxygen atoms in total. The second-order valence-electron chi connectivity index (χ2n) is 7.82. The summed E-state index contributed by atoms with van der Waals surface area (Å²) in [7, 11) is 3.42. The third-order valence-electron chi connectivity index (χ3n) is 6.17. The van der Waals surface area contributed by atoms with Crippen LogP contribution >= 0.6 is 0 Å². The number of nitrogens with one attached hydrogen (secondary N) is 1. The van der Waals surface area contributed by atoms with Crippen LogP contribution in [-0.4, -0.2) is 19.2 Å². The molecule has 1 N–H and O–H groups in total. The number of methoxy groups -OCH3 is 2. The van der Waals surface area contributed by atoms with E-state index in [1.807, 2.05) is 24.3 Å². The molecule has 0 aliphatic heterocycles. The van der Waals surface area contributed by atoms with Crippen molar-refractivity contribution < 1.29 is 9.47 Å². The summed E-state index contributed by atoms with van der Waals surface area (Å²) in [5, 5.41) is 1.17. The van der Waals surface area contributed by atoms with E-state index in [0.29, 0.717) is 0 Å². The van der Waals surface area contributed by atoms with Crippen LogP contribution in [0.4, 0.5) is 0 Å². The standard InChI is InChI=1S/C29H25NO2/c1-31-24-18-16-23(17-19-24)29(22-11-4-3-5-12-22,25-13-7-9-15-27(25)32-2)28-20-21-10-6-8-14-26(21)30-28/h3-20,30H,1-2H3. The molecule has 3 heteroatoms. The second-order valence-corrected chi connectivity index (χ2v) is 7.82. The summed E-state index contributed by atoms with van der Waals surface area (Å²) in [5.41, 5.74) is 4.93. The van der Waals surface area contributed by atoms with Crippen LogP contribution in [0.2, 0.25) is 0 Å². The molecule has 0 amide bonds. The zero-order chi connectivity index (χ0) is 22.0. The van der Waals surface area contributed by atoms with Crippen molar-refractivity contribution in [1.29, 1.82) is 0 Å². The van der Waals surface area contributed by atoms with Gasteiger partial charge >= 0.3 is 0 Å². The number of H-pyrrole nitrogens is 1. The van der Waals surface area contributed by atoms with Crippen LogP contribution in [0.5, 0.6) is 11.5 Å². The van der Waals surface area contributed by atoms with Gasteiger partial charge in [0.2, 0.25) is 0 Å². The van der Waals surface area contributed by atoms with Gasteiger partial charge in [0.05, 0.1) is 19.6 Å². The Balaban J connectivity index is 1.93. The summed E-state index contributed by atoms with van der Waals surface area (Å²) in [4.78, 5) is 3.73. The van der Waals surface area contributed by atoms with Crippen molar-refractivity contribution >= 4 is 10.9 Å². The summed E-state index contributed by atoms with van der Waals surface area (Å²) in [6.07, 6.45) is 0. The lowest BCUT2D eigenvalue weighted by Gasteiger charge is -2.36. The minimum atomic E-state index is -0.612. The number of para-hydroxylation sites is 2. The Hall–Kier alpha value is -3.98. The van der Waals surface area contributed by atoms with Gasteiger partial charge in [-0.25, -0.2) is 0 Å². The predicted octanol–water partition coefficient (Wildman–Crippen LogP) is 6.57. The van der Waals surface area contributed by atoms with Crippen LogP contribution in [0, 0.1) is 0 Å². The van der Waals surface area contributed by atoms with Crippen molar-refractivity contribution in [2.45, 2.75) is 5.41 Å². The van der Waals surface area contributed by atoms with E-state index in [-0.39, 0.29) is 0 Å². The van der Waals surface area contributed by atoms with Gasteiger partial charge in [0, 0.05) is 16.8 Å². The van der Waals surface area contributed by atoms with Gasteiger partial charge < -0.3 is 14.5 Å². The molecule has 0 bridgehead atoms. The highest BCUT2D eigenvalue weighted by Gasteiger charge is 2.41. The first-order valence-electron chi connectivity index (χ1n) is 10.7. The summed E-state index contributed by atoms with van der Waals surface area (Å²) in [5.74, 6) is 1.67. The van der Waals surface area contributed by atoms with E-state index < -0.39 is 5.41 Å². The van der Waals surface area contributed by atoms with Crippen LogP contribution in [-0.2, 0) is 5.41 Å². The number of aromatic nitrogens is 1. The molecule has 0 aliphatic rings. The number of rotatable bonds is 6. The van der Waals surface area contributed by atoms with Crippen molar-refractivity contribution in [3.05, 3.63) is 132 Å². The smallest absolute Gasteiger partial charge is 0.123 e. The Morgan fingerprint density at radius 2 is 1.28 bits per heavy atom. The molecule has 158 valence electrons. The van der Waals surface area contributed by atoms with Gasteiger partial charge in [-0.3, -0.25) is 0 Å². The molecule has 4 aromatic carbocycles. The first-order chi connectivity index (χ1) is 15.8. The molecule has 1 aromatic heterocycles. The summed E-state index contributed by atoms with van der Waals surface area (Å²) < 4.78 is 11.4. The molecule has 32 heavy (non-hydrogen) atoms. The SMILES string of the molecule is COc1ccc(C(c2ccccc2)(c2cc3ccccc3[nH]2)c2ccccc2OC)cc1. The molecule has 0 saturated carbocycles. The fraction of sp³-hybridized carbons (Fsp3) is 0.103. The molecule has 0 spiro atoms. The summed E-state index contributed by atoms with van der Waals surface area (Å²) in [6.45, 7) is 0. The Labute approximate surface area is 188 Å². The average molecular weight is 420 g/mol. The van der Waals surface area contributed by atoms with E-state index in [1.165, 1.54) is 5.39 Å². The van der Waals surface area contributed by atoms with Crippen LogP contribution in [0.1, 0.15) is 22.4 Å². The lowest BCUT2D eigenvalue weighted by atomic mass is 9.67. The van der Waals surface area contributed by atoms with Crippen LogP contribution in [0.3, 0.4) is 0 Å². The molecular weight excluding hydrogens is 394 g/mol. The molecule has 0 fully saturated rings. The molecule has 0 aliphatic carbocycles. The molecule has 1 unspecified atom stereocenters. The van der Waals surface area contributed by atoms with Crippen LogP contribution in [0.25, 0.3) is 10.9 Å². The minimum absolute atomic E-state index is 0.612. The molecule has 5 rings (SSSR count). The Bertz CT molecular complexity index is 1310. The van der Waals surface area contributed by atoms with E-state index in [2.05, 4.69) is 89.9 Å². The van der Waals surface area contributed by atoms with E-state index in [1.54, 1.807) is 14.2 Å². The van der Waals surface area contributed by atoms with Crippen molar-refractivity contribution in [3.63, 3.8) is 0 Å². The van der Waals surface area contributed by atoms with Gasteiger partial charge in [0.25, 0.3) is 0 Å². The Morgan fingerprint density at radius 3 is 2.00 bits per heavy atom. The molecule has 0 radical (unpaired) electrons. The van der Waals surface area contributed by atoms with Gasteiger partial charge in [-0.05, 0) is 46.8 Å². The average Bonchev–Trinajstić information content (AvgIpc) is 3.30. The molecule has 1 heterocycles. The first-order valence-corrected chi connectivity index (χ1v) is 10.7. The van der Waals surface area contributed by atoms with E-state index in [9.17, 15) is 0 Å². The van der Waals surface area contributed by atoms with Crippen molar-refractivity contribution in [3.8, 4) is 11.5 Å². The van der Waals surface area contributed by atoms with Crippen molar-refractivity contribution in [2.24, 2.45) is 0 Å². The number of hydrogen-bond donors (Lipinski definition) is 1. The number of fused-ring (bicyclic) bond motifs is 1. The van der Waals surface area contributed by atoms with E-state index in [0.717, 1.165) is 39.4 Å². The number of benzene rings is 4. The summed E-state index contributed by atoms with van der Waals surface area (Å²) >= 11 is 0. The quantitative estimate of drug-likeness (QED) is 0.316. The first kappa shape index (κ1) is 20.0. The molecule has 1 atom stereocenters. The Kier molecular flexibility index (Phi) is 5.16. The van der Waals surface area contributed by atoms with Gasteiger partial charge in [0.15, 0.2) is 0 Å². The third kappa shape index (κ3) is 3.14. The lowest BCUT2D eigenvalue weighted by molar-refractivity contribution is 0.404. The van der Waals surface area contributed by atoms with Gasteiger partial charge in [-0.2, -0.15) is 0 Å². The maximum Gasteiger partial charge on any atom is 0.123 e. The Morgan fingerprint density at radius 1 is 0.625 bits per heavy atom. The fourth-order valence-corrected chi connectivity index (χ4v) is 4.69. The maximum absolute atomic E-state index is 5.90. The van der Waals surface area contributed by atoms with Crippen molar-refractivity contribution in [2.75, 3.05) is 14.2 Å². The maximum atomic E-state index is 5.90. The number of aromatic amines is 1. The monoisotopic (exact) mass is 419 g/mol. The highest BCUT2D eigenvalue weighted by atomic mass is 16.5. The third-order valence-corrected chi connectivity index (χ3v) is 6.17. The number of hydrogen-bond acceptors (Lipinski definition) is 2. The fourth-order valence-electron chi connectivity index (χ4n) is 4.69. The normalized spacial score (nSPS) is 12.9. The molecule has 0 saturated heterocycles. The topological polar surface area (TPSA) is 34.2 Å². The van der Waals surface area contributed by atoms with Crippen LogP contribution in [0.15, 0.2) is 109 Å². The lowest BCUT2D eigenvalue weighted by Crippen LogP contribution is -2.32. The highest BCUT2D eigenvalue weighted by molar-refractivity contribution is 5.82. The largest absolute Gasteiger partial charge is 0.497 e. The molecular formula is C29H25NO2. The second kappa shape index (κ2) is 8.27. The zero-order valence-electron chi connectivity index (χ0n) is 18.2. The number of ether oxygens (including phenoxy) is 2. The van der Waals surface area contributed by atoms with Gasteiger partial charge in [0.1, 0.15) is 11.5 Å².